The molecule has 0 spiro atoms. The number of hydrogen-bond acceptors (Lipinski definition) is 7. The molecule has 2 heterocycles. The molecule has 2 fully saturated rings. The number of nitrogens with one attached hydrogen (secondary N) is 2. The van der Waals surface area contributed by atoms with E-state index < -0.39 is 18.2 Å². The molecule has 2 N–H and O–H groups in total. The Balaban J connectivity index is 2.07. The summed E-state index contributed by atoms with van der Waals surface area (Å²) in [6.07, 6.45) is -1.73. The minimum absolute atomic E-state index is 0.104. The number of carbonyl (C=O) groups is 3. The third-order valence-corrected chi connectivity index (χ3v) is 1.58. The first-order chi connectivity index (χ1) is 6.70. The summed E-state index contributed by atoms with van der Waals surface area (Å²) in [5.74, 6) is 0. The third kappa shape index (κ3) is 1.24. The van der Waals surface area contributed by atoms with Crippen molar-refractivity contribution in [2.45, 2.75) is 0 Å². The summed E-state index contributed by atoms with van der Waals surface area (Å²) in [5, 5.41) is 1.14. The lowest BCUT2D eigenvalue weighted by Gasteiger charge is -2.15. The quantitative estimate of drug-likeness (QED) is 0.516. The molecule has 0 bridgehead atoms. The van der Waals surface area contributed by atoms with Crippen molar-refractivity contribution >= 4 is 18.2 Å². The fourth-order valence-electron chi connectivity index (χ4n) is 0.967. The highest BCUT2D eigenvalue weighted by Gasteiger charge is 2.38. The highest BCUT2D eigenvalue weighted by molar-refractivity contribution is 5.98. The fraction of sp³-hybridized carbons (Fsp3) is 0.400. The maximum absolute atomic E-state index is 11.4. The SMILES string of the molecule is O=C1OCNN1C(=O)N1NCOC1=O. The van der Waals surface area contributed by atoms with E-state index in [2.05, 4.69) is 20.3 Å². The van der Waals surface area contributed by atoms with Crippen LogP contribution in [0.2, 0.25) is 0 Å². The van der Waals surface area contributed by atoms with Gasteiger partial charge in [-0.1, -0.05) is 0 Å². The van der Waals surface area contributed by atoms with E-state index in [0.29, 0.717) is 10.0 Å². The second-order valence-electron chi connectivity index (χ2n) is 2.38. The van der Waals surface area contributed by atoms with Crippen molar-refractivity contribution < 1.29 is 23.9 Å². The Morgan fingerprint density at radius 1 is 1.07 bits per heavy atom. The van der Waals surface area contributed by atoms with Crippen LogP contribution in [-0.2, 0) is 9.47 Å². The normalized spacial score (nSPS) is 21.1. The van der Waals surface area contributed by atoms with Crippen molar-refractivity contribution in [3.8, 4) is 0 Å². The predicted molar refractivity (Wildman–Crippen MR) is 38.0 cm³/mol. The monoisotopic (exact) mass is 202 g/mol. The van der Waals surface area contributed by atoms with Gasteiger partial charge in [-0.25, -0.2) is 14.4 Å². The number of imide groups is 2. The Hall–Kier alpha value is -1.87. The molecule has 0 unspecified atom stereocenters. The lowest BCUT2D eigenvalue weighted by Crippen LogP contribution is -2.51. The first kappa shape index (κ1) is 8.72. The van der Waals surface area contributed by atoms with Crippen LogP contribution in [0.4, 0.5) is 14.4 Å². The summed E-state index contributed by atoms with van der Waals surface area (Å²) in [5.41, 5.74) is 4.65. The topological polar surface area (TPSA) is 100 Å². The second-order valence-corrected chi connectivity index (χ2v) is 2.38. The Morgan fingerprint density at radius 3 is 1.79 bits per heavy atom. The van der Waals surface area contributed by atoms with Crippen molar-refractivity contribution in [2.75, 3.05) is 13.5 Å². The number of urea groups is 1. The van der Waals surface area contributed by atoms with Crippen molar-refractivity contribution in [1.29, 1.82) is 0 Å². The number of ether oxygens (including phenoxy) is 2. The van der Waals surface area contributed by atoms with Gasteiger partial charge in [0, 0.05) is 0 Å². The van der Waals surface area contributed by atoms with E-state index in [1.807, 2.05) is 0 Å². The Labute approximate surface area is 77.5 Å². The molecule has 14 heavy (non-hydrogen) atoms. The molecule has 0 aromatic heterocycles. The maximum Gasteiger partial charge on any atom is 0.434 e. The average Bonchev–Trinajstić information content (AvgIpc) is 2.73. The second kappa shape index (κ2) is 3.12. The van der Waals surface area contributed by atoms with E-state index in [0.717, 1.165) is 0 Å². The van der Waals surface area contributed by atoms with E-state index in [-0.39, 0.29) is 13.5 Å². The number of carbonyl (C=O) groups excluding carboxylic acids is 3. The Kier molecular flexibility index (Phi) is 1.94. The average molecular weight is 202 g/mol. The van der Waals surface area contributed by atoms with Gasteiger partial charge in [0.1, 0.15) is 0 Å². The largest absolute Gasteiger partial charge is 0.434 e. The van der Waals surface area contributed by atoms with Crippen LogP contribution >= 0.6 is 0 Å². The van der Waals surface area contributed by atoms with Gasteiger partial charge in [-0.3, -0.25) is 0 Å². The molecule has 9 nitrogen and oxygen atoms in total. The van der Waals surface area contributed by atoms with Crippen molar-refractivity contribution in [3.63, 3.8) is 0 Å². The number of nitrogens with zero attached hydrogens (tertiary/aromatic N) is 2. The summed E-state index contributed by atoms with van der Waals surface area (Å²) in [7, 11) is 0. The highest BCUT2D eigenvalue weighted by Crippen LogP contribution is 2.06. The van der Waals surface area contributed by atoms with Crippen LogP contribution in [0.15, 0.2) is 0 Å². The molecule has 0 atom stereocenters. The van der Waals surface area contributed by atoms with Gasteiger partial charge in [-0.15, -0.1) is 0 Å². The van der Waals surface area contributed by atoms with E-state index in [4.69, 9.17) is 0 Å². The van der Waals surface area contributed by atoms with Gasteiger partial charge in [0.15, 0.2) is 13.5 Å². The lowest BCUT2D eigenvalue weighted by atomic mass is 10.8. The van der Waals surface area contributed by atoms with Crippen molar-refractivity contribution in [2.24, 2.45) is 0 Å². The molecule has 2 saturated heterocycles. The standard InChI is InChI=1S/C5H6N4O5/c10-3(8-4(11)13-1-6-8)9-5(12)14-2-7-9/h6-7H,1-2H2. The van der Waals surface area contributed by atoms with Crippen LogP contribution < -0.4 is 10.9 Å². The predicted octanol–water partition coefficient (Wildman–Crippen LogP) is -1.07. The van der Waals surface area contributed by atoms with Crippen molar-refractivity contribution in [3.05, 3.63) is 0 Å². The van der Waals surface area contributed by atoms with E-state index >= 15 is 0 Å². The molecule has 76 valence electrons. The van der Waals surface area contributed by atoms with Crippen LogP contribution in [-0.4, -0.2) is 41.7 Å². The van der Waals surface area contributed by atoms with Crippen LogP contribution in [0.3, 0.4) is 0 Å². The minimum atomic E-state index is -0.894. The zero-order chi connectivity index (χ0) is 10.1. The van der Waals surface area contributed by atoms with Gasteiger partial charge in [-0.05, 0) is 0 Å². The van der Waals surface area contributed by atoms with E-state index in [1.165, 1.54) is 0 Å². The highest BCUT2D eigenvalue weighted by atomic mass is 16.6. The van der Waals surface area contributed by atoms with E-state index in [9.17, 15) is 14.4 Å². The number of amides is 4. The first-order valence-corrected chi connectivity index (χ1v) is 3.65. The molecule has 2 aliphatic rings. The van der Waals surface area contributed by atoms with E-state index in [1.54, 1.807) is 0 Å². The van der Waals surface area contributed by atoms with Crippen molar-refractivity contribution in [1.82, 2.24) is 20.9 Å². The zero-order valence-corrected chi connectivity index (χ0v) is 6.85. The summed E-state index contributed by atoms with van der Waals surface area (Å²) in [6.45, 7) is -0.207. The summed E-state index contributed by atoms with van der Waals surface area (Å²) in [6, 6.07) is -0.894. The Morgan fingerprint density at radius 2 is 1.50 bits per heavy atom. The van der Waals surface area contributed by atoms with Gasteiger partial charge in [0.25, 0.3) is 0 Å². The zero-order valence-electron chi connectivity index (χ0n) is 6.85. The molecule has 0 aromatic carbocycles. The smallest absolute Gasteiger partial charge is 0.430 e. The number of hydrazine groups is 2. The number of rotatable bonds is 0. The molecule has 9 heteroatoms. The summed E-state index contributed by atoms with van der Waals surface area (Å²) in [4.78, 5) is 33.2. The van der Waals surface area contributed by atoms with Crippen LogP contribution in [0.5, 0.6) is 0 Å². The molecular weight excluding hydrogens is 196 g/mol. The fourth-order valence-corrected chi connectivity index (χ4v) is 0.967. The Bertz CT molecular complexity index is 276. The molecular formula is C5H6N4O5. The molecule has 4 amide bonds. The minimum Gasteiger partial charge on any atom is -0.430 e. The maximum atomic E-state index is 11.4. The van der Waals surface area contributed by atoms with Gasteiger partial charge >= 0.3 is 18.2 Å². The molecule has 0 aromatic rings. The van der Waals surface area contributed by atoms with Gasteiger partial charge < -0.3 is 9.47 Å². The molecule has 2 aliphatic heterocycles. The van der Waals surface area contributed by atoms with Gasteiger partial charge in [-0.2, -0.15) is 20.9 Å². The summed E-state index contributed by atoms with van der Waals surface area (Å²) >= 11 is 0. The van der Waals surface area contributed by atoms with Gasteiger partial charge in [0.2, 0.25) is 0 Å². The van der Waals surface area contributed by atoms with Crippen LogP contribution in [0.1, 0.15) is 0 Å². The molecule has 0 radical (unpaired) electrons. The van der Waals surface area contributed by atoms with Crippen LogP contribution in [0.25, 0.3) is 0 Å². The molecule has 0 aliphatic carbocycles. The lowest BCUT2D eigenvalue weighted by molar-refractivity contribution is 0.133. The summed E-state index contributed by atoms with van der Waals surface area (Å²) < 4.78 is 8.86. The molecule has 0 saturated carbocycles. The first-order valence-electron chi connectivity index (χ1n) is 3.65. The van der Waals surface area contributed by atoms with Gasteiger partial charge in [0.05, 0.1) is 0 Å². The molecule has 2 rings (SSSR count). The number of cyclic esters (lactones) is 2. The number of hydrogen-bond donors (Lipinski definition) is 2. The third-order valence-electron chi connectivity index (χ3n) is 1.58. The van der Waals surface area contributed by atoms with Crippen LogP contribution in [0, 0.1) is 0 Å².